The number of ether oxygens (including phenoxy) is 2. The molecule has 1 heterocycles. The first kappa shape index (κ1) is 16.3. The number of nitrogens with two attached hydrogens (primary N) is 1. The van der Waals surface area contributed by atoms with Gasteiger partial charge in [-0.2, -0.15) is 5.10 Å². The second-order valence-corrected chi connectivity index (χ2v) is 6.27. The Kier molecular flexibility index (Phi) is 5.27. The number of nitrogens with zero attached hydrogens (tertiary/aromatic N) is 2. The van der Waals surface area contributed by atoms with Crippen LogP contribution in [0.1, 0.15) is 57.7 Å². The monoisotopic (exact) mass is 295 g/mol. The number of methoxy groups -OCH3 is 2. The van der Waals surface area contributed by atoms with Gasteiger partial charge in [0.2, 0.25) is 0 Å². The number of rotatable bonds is 6. The van der Waals surface area contributed by atoms with Crippen molar-refractivity contribution >= 4 is 0 Å². The van der Waals surface area contributed by atoms with Crippen LogP contribution in [0.5, 0.6) is 5.75 Å². The lowest BCUT2D eigenvalue weighted by Crippen LogP contribution is -2.47. The van der Waals surface area contributed by atoms with Crippen molar-refractivity contribution in [2.45, 2.75) is 64.1 Å². The Hall–Kier alpha value is -1.07. The third-order valence-electron chi connectivity index (χ3n) is 4.76. The molecule has 0 aromatic carbocycles. The first-order valence-electron chi connectivity index (χ1n) is 7.98. The average Bonchev–Trinajstić information content (AvgIpc) is 2.89. The molecule has 1 aliphatic rings. The van der Waals surface area contributed by atoms with Gasteiger partial charge in [-0.15, -0.1) is 0 Å². The Morgan fingerprint density at radius 2 is 2.29 bits per heavy atom. The van der Waals surface area contributed by atoms with Gasteiger partial charge in [-0.3, -0.25) is 4.68 Å². The smallest absolute Gasteiger partial charge is 0.161 e. The molecule has 0 bridgehead atoms. The first-order chi connectivity index (χ1) is 10.1. The summed E-state index contributed by atoms with van der Waals surface area (Å²) in [5, 5.41) is 4.43. The summed E-state index contributed by atoms with van der Waals surface area (Å²) in [5.41, 5.74) is 7.32. The van der Waals surface area contributed by atoms with Crippen molar-refractivity contribution in [3.05, 3.63) is 11.9 Å². The summed E-state index contributed by atoms with van der Waals surface area (Å²) >= 11 is 0. The number of hydrogen-bond donors (Lipinski definition) is 1. The van der Waals surface area contributed by atoms with Crippen LogP contribution in [-0.2, 0) is 11.3 Å². The molecule has 0 radical (unpaired) electrons. The van der Waals surface area contributed by atoms with E-state index in [2.05, 4.69) is 18.9 Å². The van der Waals surface area contributed by atoms with Crippen molar-refractivity contribution in [2.24, 2.45) is 11.7 Å². The summed E-state index contributed by atoms with van der Waals surface area (Å²) < 4.78 is 13.4. The normalized spacial score (nSPS) is 27.6. The molecule has 5 heteroatoms. The molecule has 3 atom stereocenters. The van der Waals surface area contributed by atoms with Crippen LogP contribution < -0.4 is 10.5 Å². The molecule has 0 amide bonds. The fourth-order valence-electron chi connectivity index (χ4n) is 3.63. The Bertz CT molecular complexity index is 460. The largest absolute Gasteiger partial charge is 0.493 e. The lowest BCUT2D eigenvalue weighted by Gasteiger charge is -2.43. The minimum absolute atomic E-state index is 0.214. The van der Waals surface area contributed by atoms with E-state index in [1.165, 1.54) is 6.42 Å². The summed E-state index contributed by atoms with van der Waals surface area (Å²) in [6, 6.07) is -0.214. The summed E-state index contributed by atoms with van der Waals surface area (Å²) in [5.74, 6) is 1.41. The van der Waals surface area contributed by atoms with Gasteiger partial charge < -0.3 is 15.2 Å². The highest BCUT2D eigenvalue weighted by Crippen LogP contribution is 2.44. The molecule has 0 saturated heterocycles. The summed E-state index contributed by atoms with van der Waals surface area (Å²) in [6.07, 6.45) is 7.18. The van der Waals surface area contributed by atoms with Crippen LogP contribution in [0.15, 0.2) is 6.20 Å². The maximum absolute atomic E-state index is 6.66. The van der Waals surface area contributed by atoms with E-state index in [0.717, 1.165) is 43.7 Å². The highest BCUT2D eigenvalue weighted by molar-refractivity contribution is 5.30. The Morgan fingerprint density at radius 3 is 2.86 bits per heavy atom. The average molecular weight is 295 g/mol. The van der Waals surface area contributed by atoms with Gasteiger partial charge >= 0.3 is 0 Å². The zero-order valence-corrected chi connectivity index (χ0v) is 13.8. The fraction of sp³-hybridized carbons (Fsp3) is 0.812. The zero-order valence-electron chi connectivity index (χ0n) is 13.8. The van der Waals surface area contributed by atoms with Crippen molar-refractivity contribution < 1.29 is 9.47 Å². The Balaban J connectivity index is 2.36. The molecule has 21 heavy (non-hydrogen) atoms. The maximum atomic E-state index is 6.66. The molecule has 3 unspecified atom stereocenters. The predicted octanol–water partition coefficient (Wildman–Crippen LogP) is 2.90. The summed E-state index contributed by atoms with van der Waals surface area (Å²) in [7, 11) is 3.46. The van der Waals surface area contributed by atoms with Gasteiger partial charge in [0.1, 0.15) is 5.69 Å². The molecule has 120 valence electrons. The third-order valence-corrected chi connectivity index (χ3v) is 4.76. The van der Waals surface area contributed by atoms with Crippen LogP contribution in [0, 0.1) is 5.92 Å². The fourth-order valence-corrected chi connectivity index (χ4v) is 3.63. The van der Waals surface area contributed by atoms with E-state index >= 15 is 0 Å². The van der Waals surface area contributed by atoms with Crippen molar-refractivity contribution in [2.75, 3.05) is 14.2 Å². The van der Waals surface area contributed by atoms with Crippen LogP contribution in [0.2, 0.25) is 0 Å². The van der Waals surface area contributed by atoms with Crippen LogP contribution in [-0.4, -0.2) is 29.6 Å². The number of aromatic nitrogens is 2. The zero-order chi connectivity index (χ0) is 15.5. The molecular formula is C16H29N3O2. The summed E-state index contributed by atoms with van der Waals surface area (Å²) in [6.45, 7) is 5.26. The lowest BCUT2D eigenvalue weighted by molar-refractivity contribution is -0.0738. The SMILES string of the molecule is CCCn1ncc(OC)c1C(N)C1(OC)CCCC(C)C1. The molecular weight excluding hydrogens is 266 g/mol. The molecule has 1 aromatic rings. The summed E-state index contributed by atoms with van der Waals surface area (Å²) in [4.78, 5) is 0. The standard InChI is InChI=1S/C16H29N3O2/c1-5-9-19-14(13(20-3)11-18-19)15(17)16(21-4)8-6-7-12(2)10-16/h11-12,15H,5-10,17H2,1-4H3. The van der Waals surface area contributed by atoms with Crippen molar-refractivity contribution in [1.82, 2.24) is 9.78 Å². The highest BCUT2D eigenvalue weighted by Gasteiger charge is 2.43. The molecule has 5 nitrogen and oxygen atoms in total. The molecule has 2 N–H and O–H groups in total. The second kappa shape index (κ2) is 6.79. The topological polar surface area (TPSA) is 62.3 Å². The Morgan fingerprint density at radius 1 is 1.52 bits per heavy atom. The van der Waals surface area contributed by atoms with Gasteiger partial charge in [0.05, 0.1) is 24.9 Å². The van der Waals surface area contributed by atoms with Crippen LogP contribution in [0.25, 0.3) is 0 Å². The van der Waals surface area contributed by atoms with Crippen molar-refractivity contribution in [3.63, 3.8) is 0 Å². The van der Waals surface area contributed by atoms with Gasteiger partial charge in [0.15, 0.2) is 5.75 Å². The van der Waals surface area contributed by atoms with E-state index in [9.17, 15) is 0 Å². The quantitative estimate of drug-likeness (QED) is 0.876. The molecule has 1 aliphatic carbocycles. The van der Waals surface area contributed by atoms with Crippen molar-refractivity contribution in [3.8, 4) is 5.75 Å². The first-order valence-corrected chi connectivity index (χ1v) is 7.98. The molecule has 0 aliphatic heterocycles. The van der Waals surface area contributed by atoms with Crippen LogP contribution >= 0.6 is 0 Å². The van der Waals surface area contributed by atoms with Gasteiger partial charge in [-0.25, -0.2) is 0 Å². The minimum atomic E-state index is -0.309. The lowest BCUT2D eigenvalue weighted by atomic mass is 9.74. The molecule has 1 fully saturated rings. The highest BCUT2D eigenvalue weighted by atomic mass is 16.5. The van der Waals surface area contributed by atoms with E-state index in [0.29, 0.717) is 5.92 Å². The Labute approximate surface area is 127 Å². The van der Waals surface area contributed by atoms with E-state index in [1.807, 2.05) is 4.68 Å². The molecule has 1 saturated carbocycles. The minimum Gasteiger partial charge on any atom is -0.493 e. The van der Waals surface area contributed by atoms with Gasteiger partial charge in [0, 0.05) is 13.7 Å². The second-order valence-electron chi connectivity index (χ2n) is 6.27. The van der Waals surface area contributed by atoms with Gasteiger partial charge in [-0.1, -0.05) is 26.7 Å². The van der Waals surface area contributed by atoms with Gasteiger partial charge in [0.25, 0.3) is 0 Å². The van der Waals surface area contributed by atoms with E-state index in [4.69, 9.17) is 15.2 Å². The molecule has 0 spiro atoms. The number of aryl methyl sites for hydroxylation is 1. The van der Waals surface area contributed by atoms with E-state index in [1.54, 1.807) is 20.4 Å². The van der Waals surface area contributed by atoms with Gasteiger partial charge in [-0.05, 0) is 25.2 Å². The predicted molar refractivity (Wildman–Crippen MR) is 83.4 cm³/mol. The number of hydrogen-bond acceptors (Lipinski definition) is 4. The molecule has 2 rings (SSSR count). The molecule has 1 aromatic heterocycles. The van der Waals surface area contributed by atoms with E-state index < -0.39 is 0 Å². The van der Waals surface area contributed by atoms with Crippen LogP contribution in [0.3, 0.4) is 0 Å². The maximum Gasteiger partial charge on any atom is 0.161 e. The van der Waals surface area contributed by atoms with Crippen molar-refractivity contribution in [1.29, 1.82) is 0 Å². The van der Waals surface area contributed by atoms with Crippen LogP contribution in [0.4, 0.5) is 0 Å². The van der Waals surface area contributed by atoms with E-state index in [-0.39, 0.29) is 11.6 Å². The third kappa shape index (κ3) is 3.09.